The van der Waals surface area contributed by atoms with Gasteiger partial charge in [-0.25, -0.2) is 4.68 Å². The highest BCUT2D eigenvalue weighted by Gasteiger charge is 2.11. The van der Waals surface area contributed by atoms with Crippen molar-refractivity contribution in [3.8, 4) is 11.4 Å². The zero-order chi connectivity index (χ0) is 14.1. The molecule has 20 heavy (non-hydrogen) atoms. The largest absolute Gasteiger partial charge is 0.347 e. The summed E-state index contributed by atoms with van der Waals surface area (Å²) in [5.41, 5.74) is 2.48. The maximum Gasteiger partial charge on any atom is 0.246 e. The van der Waals surface area contributed by atoms with Gasteiger partial charge < -0.3 is 9.84 Å². The van der Waals surface area contributed by atoms with Crippen LogP contribution in [0.3, 0.4) is 0 Å². The monoisotopic (exact) mass is 272 g/mol. The van der Waals surface area contributed by atoms with Gasteiger partial charge in [0.15, 0.2) is 0 Å². The first-order valence-corrected chi connectivity index (χ1v) is 6.00. The highest BCUT2D eigenvalue weighted by atomic mass is 16.5. The number of carbonyl (C=O) groups is 1. The number of hydrogen-bond acceptors (Lipinski definition) is 6. The average Bonchev–Trinajstić information content (AvgIpc) is 3.04. The first-order valence-electron chi connectivity index (χ1n) is 6.00. The molecule has 3 aromatic rings. The molecular weight excluding hydrogens is 260 g/mol. The van der Waals surface area contributed by atoms with E-state index < -0.39 is 0 Å². The van der Waals surface area contributed by atoms with Crippen molar-refractivity contribution < 1.29 is 9.32 Å². The van der Waals surface area contributed by atoms with E-state index in [9.17, 15) is 4.79 Å². The molecule has 0 aliphatic rings. The van der Waals surface area contributed by atoms with Gasteiger partial charge in [-0.2, -0.15) is 4.98 Å². The molecule has 0 saturated carbocycles. The minimum absolute atomic E-state index is 0.147. The molecule has 0 spiro atoms. The van der Waals surface area contributed by atoms with Crippen molar-refractivity contribution in [1.82, 2.24) is 30.5 Å². The predicted molar refractivity (Wildman–Crippen MR) is 69.3 cm³/mol. The van der Waals surface area contributed by atoms with Crippen molar-refractivity contribution in [2.24, 2.45) is 7.05 Å². The molecule has 102 valence electrons. The van der Waals surface area contributed by atoms with Crippen molar-refractivity contribution in [3.63, 3.8) is 0 Å². The standard InChI is InChI=1S/C12H12N6O2/c1-7(19)13-6-11-14-12(16-20-11)8-3-4-10-9(5-8)15-17-18(10)2/h3-5H,6H2,1-2H3,(H,13,19). The zero-order valence-electron chi connectivity index (χ0n) is 11.0. The molecule has 1 N–H and O–H groups in total. The van der Waals surface area contributed by atoms with Gasteiger partial charge in [-0.3, -0.25) is 4.79 Å². The number of hydrogen-bond donors (Lipinski definition) is 1. The molecule has 3 rings (SSSR count). The molecular formula is C12H12N6O2. The molecule has 2 heterocycles. The normalized spacial score (nSPS) is 10.9. The minimum atomic E-state index is -0.147. The lowest BCUT2D eigenvalue weighted by molar-refractivity contribution is -0.119. The van der Waals surface area contributed by atoms with Crippen LogP contribution in [-0.2, 0) is 18.4 Å². The Hall–Kier alpha value is -2.77. The summed E-state index contributed by atoms with van der Waals surface area (Å²) in [5.74, 6) is 0.665. The third-order valence-corrected chi connectivity index (χ3v) is 2.83. The van der Waals surface area contributed by atoms with Crippen molar-refractivity contribution in [2.45, 2.75) is 13.5 Å². The average molecular weight is 272 g/mol. The topological polar surface area (TPSA) is 98.7 Å². The number of fused-ring (bicyclic) bond motifs is 1. The lowest BCUT2D eigenvalue weighted by Crippen LogP contribution is -2.18. The fraction of sp³-hybridized carbons (Fsp3) is 0.250. The molecule has 1 aromatic carbocycles. The number of carbonyl (C=O) groups excluding carboxylic acids is 1. The lowest BCUT2D eigenvalue weighted by Gasteiger charge is -1.95. The summed E-state index contributed by atoms with van der Waals surface area (Å²) in [6.45, 7) is 1.65. The van der Waals surface area contributed by atoms with Gasteiger partial charge in [-0.05, 0) is 18.2 Å². The third-order valence-electron chi connectivity index (χ3n) is 2.83. The molecule has 0 saturated heterocycles. The fourth-order valence-corrected chi connectivity index (χ4v) is 1.82. The number of nitrogens with zero attached hydrogens (tertiary/aromatic N) is 5. The van der Waals surface area contributed by atoms with Crippen LogP contribution >= 0.6 is 0 Å². The summed E-state index contributed by atoms with van der Waals surface area (Å²) in [5, 5.41) is 14.5. The molecule has 8 heteroatoms. The van der Waals surface area contributed by atoms with E-state index in [-0.39, 0.29) is 12.5 Å². The van der Waals surface area contributed by atoms with Gasteiger partial charge in [0.2, 0.25) is 17.6 Å². The van der Waals surface area contributed by atoms with Crippen LogP contribution in [0.1, 0.15) is 12.8 Å². The number of aromatic nitrogens is 5. The molecule has 0 radical (unpaired) electrons. The Balaban J connectivity index is 1.88. The van der Waals surface area contributed by atoms with Crippen LogP contribution < -0.4 is 5.32 Å². The number of nitrogens with one attached hydrogen (secondary N) is 1. The Kier molecular flexibility index (Phi) is 2.90. The van der Waals surface area contributed by atoms with Crippen LogP contribution in [0, 0.1) is 0 Å². The van der Waals surface area contributed by atoms with Crippen LogP contribution in [0.4, 0.5) is 0 Å². The van der Waals surface area contributed by atoms with Crippen LogP contribution in [-0.4, -0.2) is 31.0 Å². The number of aryl methyl sites for hydroxylation is 1. The molecule has 0 aliphatic carbocycles. The van der Waals surface area contributed by atoms with E-state index in [1.54, 1.807) is 4.68 Å². The smallest absolute Gasteiger partial charge is 0.246 e. The van der Waals surface area contributed by atoms with Crippen molar-refractivity contribution in [1.29, 1.82) is 0 Å². The summed E-state index contributed by atoms with van der Waals surface area (Å²) in [6.07, 6.45) is 0. The Labute approximate surface area is 113 Å². The highest BCUT2D eigenvalue weighted by molar-refractivity contribution is 5.79. The van der Waals surface area contributed by atoms with Crippen LogP contribution in [0.25, 0.3) is 22.4 Å². The van der Waals surface area contributed by atoms with E-state index in [4.69, 9.17) is 4.52 Å². The predicted octanol–water partition coefficient (Wildman–Crippen LogP) is 0.654. The first-order chi connectivity index (χ1) is 9.63. The van der Waals surface area contributed by atoms with Crippen LogP contribution in [0.5, 0.6) is 0 Å². The van der Waals surface area contributed by atoms with Crippen molar-refractivity contribution >= 4 is 16.9 Å². The second kappa shape index (κ2) is 4.72. The number of benzene rings is 1. The molecule has 8 nitrogen and oxygen atoms in total. The van der Waals surface area contributed by atoms with Crippen molar-refractivity contribution in [3.05, 3.63) is 24.1 Å². The minimum Gasteiger partial charge on any atom is -0.347 e. The Bertz CT molecular complexity index is 775. The van der Waals surface area contributed by atoms with Gasteiger partial charge in [0.25, 0.3) is 0 Å². The molecule has 2 aromatic heterocycles. The number of rotatable bonds is 3. The second-order valence-corrected chi connectivity index (χ2v) is 4.34. The van der Waals surface area contributed by atoms with E-state index in [0.717, 1.165) is 16.6 Å². The second-order valence-electron chi connectivity index (χ2n) is 4.34. The Morgan fingerprint density at radius 3 is 3.10 bits per heavy atom. The summed E-state index contributed by atoms with van der Waals surface area (Å²) in [4.78, 5) is 15.0. The van der Waals surface area contributed by atoms with Gasteiger partial charge >= 0.3 is 0 Å². The van der Waals surface area contributed by atoms with Gasteiger partial charge in [-0.15, -0.1) is 5.10 Å². The van der Waals surface area contributed by atoms with Gasteiger partial charge in [-0.1, -0.05) is 10.4 Å². The fourth-order valence-electron chi connectivity index (χ4n) is 1.82. The summed E-state index contributed by atoms with van der Waals surface area (Å²) < 4.78 is 6.76. The lowest BCUT2D eigenvalue weighted by atomic mass is 10.2. The zero-order valence-corrected chi connectivity index (χ0v) is 11.0. The highest BCUT2D eigenvalue weighted by Crippen LogP contribution is 2.20. The number of amides is 1. The first kappa shape index (κ1) is 12.3. The molecule has 0 bridgehead atoms. The van der Waals surface area contributed by atoms with Gasteiger partial charge in [0.1, 0.15) is 5.52 Å². The van der Waals surface area contributed by atoms with E-state index >= 15 is 0 Å². The molecule has 0 fully saturated rings. The maximum absolute atomic E-state index is 10.8. The van der Waals surface area contributed by atoms with E-state index in [1.165, 1.54) is 6.92 Å². The Morgan fingerprint density at radius 2 is 2.30 bits per heavy atom. The summed E-state index contributed by atoms with van der Waals surface area (Å²) >= 11 is 0. The molecule has 0 atom stereocenters. The molecule has 0 aliphatic heterocycles. The Morgan fingerprint density at radius 1 is 1.45 bits per heavy atom. The van der Waals surface area contributed by atoms with Crippen molar-refractivity contribution in [2.75, 3.05) is 0 Å². The quantitative estimate of drug-likeness (QED) is 0.751. The van der Waals surface area contributed by atoms with Gasteiger partial charge in [0.05, 0.1) is 12.1 Å². The van der Waals surface area contributed by atoms with Gasteiger partial charge in [0, 0.05) is 19.5 Å². The third kappa shape index (κ3) is 2.22. The van der Waals surface area contributed by atoms with Crippen LogP contribution in [0.15, 0.2) is 22.7 Å². The maximum atomic E-state index is 10.8. The molecule has 1 amide bonds. The SMILES string of the molecule is CC(=O)NCc1nc(-c2ccc3c(c2)nnn3C)no1. The van der Waals surface area contributed by atoms with Crippen LogP contribution in [0.2, 0.25) is 0 Å². The summed E-state index contributed by atoms with van der Waals surface area (Å²) in [7, 11) is 1.83. The van der Waals surface area contributed by atoms with E-state index in [1.807, 2.05) is 25.2 Å². The summed E-state index contributed by atoms with van der Waals surface area (Å²) in [6, 6.07) is 5.61. The molecule has 0 unspecified atom stereocenters. The van der Waals surface area contributed by atoms with E-state index in [2.05, 4.69) is 25.8 Å². The van der Waals surface area contributed by atoms with E-state index in [0.29, 0.717) is 11.7 Å².